The summed E-state index contributed by atoms with van der Waals surface area (Å²) >= 11 is 12.1. The van der Waals surface area contributed by atoms with Crippen molar-refractivity contribution in [2.75, 3.05) is 26.2 Å². The molecule has 29 heavy (non-hydrogen) atoms. The molecule has 148 valence electrons. The highest BCUT2D eigenvalue weighted by Gasteiger charge is 2.29. The third-order valence-corrected chi connectivity index (χ3v) is 5.49. The van der Waals surface area contributed by atoms with Crippen molar-refractivity contribution in [2.45, 2.75) is 6.04 Å². The summed E-state index contributed by atoms with van der Waals surface area (Å²) in [6.07, 6.45) is 2.88. The fraction of sp³-hybridized carbons (Fsp3) is 0.227. The summed E-state index contributed by atoms with van der Waals surface area (Å²) in [4.78, 5) is 25.0. The number of piperazine rings is 1. The lowest BCUT2D eigenvalue weighted by Crippen LogP contribution is -2.50. The molecule has 1 atom stereocenters. The smallest absolute Gasteiger partial charge is 0.274 e. The molecule has 0 saturated carbocycles. The first-order chi connectivity index (χ1) is 14.1. The van der Waals surface area contributed by atoms with Gasteiger partial charge in [0.1, 0.15) is 10.8 Å². The predicted molar refractivity (Wildman–Crippen MR) is 114 cm³/mol. The van der Waals surface area contributed by atoms with Crippen LogP contribution in [0.15, 0.2) is 67.0 Å². The van der Waals surface area contributed by atoms with E-state index < -0.39 is 0 Å². The molecule has 0 spiro atoms. The zero-order chi connectivity index (χ0) is 20.2. The second-order valence-electron chi connectivity index (χ2n) is 6.92. The minimum Gasteiger partial charge on any atom is -0.335 e. The maximum atomic E-state index is 12.7. The van der Waals surface area contributed by atoms with E-state index in [9.17, 15) is 4.79 Å². The van der Waals surface area contributed by atoms with E-state index in [0.717, 1.165) is 23.7 Å². The molecule has 1 aliphatic heterocycles. The molecule has 7 heteroatoms. The van der Waals surface area contributed by atoms with Gasteiger partial charge in [0.2, 0.25) is 0 Å². The minimum absolute atomic E-state index is 0.0816. The summed E-state index contributed by atoms with van der Waals surface area (Å²) < 4.78 is 0. The van der Waals surface area contributed by atoms with Crippen LogP contribution >= 0.6 is 23.2 Å². The van der Waals surface area contributed by atoms with Gasteiger partial charge >= 0.3 is 0 Å². The number of nitrogens with zero attached hydrogens (tertiary/aromatic N) is 4. The van der Waals surface area contributed by atoms with Crippen molar-refractivity contribution in [3.05, 3.63) is 94.0 Å². The van der Waals surface area contributed by atoms with E-state index in [1.165, 1.54) is 18.0 Å². The normalized spacial score (nSPS) is 15.9. The largest absolute Gasteiger partial charge is 0.335 e. The number of hydrogen-bond acceptors (Lipinski definition) is 4. The Bertz CT molecular complexity index is 991. The van der Waals surface area contributed by atoms with E-state index in [-0.39, 0.29) is 22.8 Å². The third-order valence-electron chi connectivity index (χ3n) is 5.07. The van der Waals surface area contributed by atoms with Crippen LogP contribution in [-0.4, -0.2) is 51.9 Å². The Kier molecular flexibility index (Phi) is 6.09. The monoisotopic (exact) mass is 426 g/mol. The van der Waals surface area contributed by atoms with Crippen LogP contribution < -0.4 is 0 Å². The number of aromatic nitrogens is 2. The first kappa shape index (κ1) is 19.8. The van der Waals surface area contributed by atoms with Gasteiger partial charge in [0.15, 0.2) is 0 Å². The van der Waals surface area contributed by atoms with Gasteiger partial charge in [-0.15, -0.1) is 0 Å². The molecule has 5 nitrogen and oxygen atoms in total. The summed E-state index contributed by atoms with van der Waals surface area (Å²) in [6, 6.07) is 18.4. The van der Waals surface area contributed by atoms with Crippen LogP contribution in [0.3, 0.4) is 0 Å². The quantitative estimate of drug-likeness (QED) is 0.622. The molecule has 0 aliphatic carbocycles. The number of carbonyl (C=O) groups is 1. The molecule has 2 aromatic carbocycles. The summed E-state index contributed by atoms with van der Waals surface area (Å²) in [5.41, 5.74) is 2.62. The molecule has 0 bridgehead atoms. The molecule has 1 unspecified atom stereocenters. The molecule has 2 heterocycles. The van der Waals surface area contributed by atoms with E-state index in [4.69, 9.17) is 23.2 Å². The van der Waals surface area contributed by atoms with Gasteiger partial charge in [0, 0.05) is 31.2 Å². The van der Waals surface area contributed by atoms with Crippen molar-refractivity contribution in [3.8, 4) is 0 Å². The van der Waals surface area contributed by atoms with Crippen LogP contribution in [0.5, 0.6) is 0 Å². The molecule has 1 saturated heterocycles. The second-order valence-corrected chi connectivity index (χ2v) is 7.75. The van der Waals surface area contributed by atoms with Crippen molar-refractivity contribution in [1.82, 2.24) is 19.8 Å². The molecule has 0 N–H and O–H groups in total. The molecule has 1 amide bonds. The molecule has 3 aromatic rings. The Balaban J connectivity index is 1.53. The Morgan fingerprint density at radius 2 is 1.62 bits per heavy atom. The van der Waals surface area contributed by atoms with Crippen LogP contribution in [0.4, 0.5) is 0 Å². The molecule has 1 aliphatic rings. The van der Waals surface area contributed by atoms with E-state index in [0.29, 0.717) is 13.1 Å². The Labute approximate surface area is 179 Å². The maximum Gasteiger partial charge on any atom is 0.274 e. The highest BCUT2D eigenvalue weighted by atomic mass is 35.5. The SMILES string of the molecule is O=C(c1cncc(Cl)n1)N1CCN(C(c2ccccc2)c2cccc(Cl)c2)CC1. The Morgan fingerprint density at radius 1 is 0.897 bits per heavy atom. The number of halogens is 2. The number of rotatable bonds is 4. The molecular weight excluding hydrogens is 407 g/mol. The maximum absolute atomic E-state index is 12.7. The standard InChI is InChI=1S/C22H20Cl2N4O/c23-18-8-4-7-17(13-18)21(16-5-2-1-3-6-16)27-9-11-28(12-10-27)22(29)19-14-25-15-20(24)26-19/h1-8,13-15,21H,9-12H2. The first-order valence-corrected chi connectivity index (χ1v) is 10.2. The number of benzene rings is 2. The molecule has 1 aromatic heterocycles. The number of carbonyl (C=O) groups excluding carboxylic acids is 1. The molecule has 4 rings (SSSR count). The highest BCUT2D eigenvalue weighted by molar-refractivity contribution is 6.30. The van der Waals surface area contributed by atoms with E-state index in [1.54, 1.807) is 4.90 Å². The van der Waals surface area contributed by atoms with Gasteiger partial charge in [-0.05, 0) is 23.3 Å². The van der Waals surface area contributed by atoms with Gasteiger partial charge < -0.3 is 4.90 Å². The van der Waals surface area contributed by atoms with E-state index >= 15 is 0 Å². The number of amides is 1. The zero-order valence-corrected chi connectivity index (χ0v) is 17.2. The molecular formula is C22H20Cl2N4O. The van der Waals surface area contributed by atoms with Crippen LogP contribution in [0.1, 0.15) is 27.7 Å². The van der Waals surface area contributed by atoms with Gasteiger partial charge in [-0.1, -0.05) is 65.7 Å². The molecule has 1 fully saturated rings. The van der Waals surface area contributed by atoms with Gasteiger partial charge in [0.25, 0.3) is 5.91 Å². The fourth-order valence-electron chi connectivity index (χ4n) is 3.72. The van der Waals surface area contributed by atoms with Crippen LogP contribution in [0.2, 0.25) is 10.2 Å². The van der Waals surface area contributed by atoms with Crippen molar-refractivity contribution < 1.29 is 4.79 Å². The van der Waals surface area contributed by atoms with Gasteiger partial charge in [-0.3, -0.25) is 14.7 Å². The zero-order valence-electron chi connectivity index (χ0n) is 15.7. The lowest BCUT2D eigenvalue weighted by Gasteiger charge is -2.39. The summed E-state index contributed by atoms with van der Waals surface area (Å²) in [6.45, 7) is 2.70. The average molecular weight is 427 g/mol. The Morgan fingerprint density at radius 3 is 2.31 bits per heavy atom. The number of hydrogen-bond donors (Lipinski definition) is 0. The van der Waals surface area contributed by atoms with Crippen molar-refractivity contribution in [3.63, 3.8) is 0 Å². The summed E-state index contributed by atoms with van der Waals surface area (Å²) in [5.74, 6) is -0.140. The first-order valence-electron chi connectivity index (χ1n) is 9.43. The van der Waals surface area contributed by atoms with E-state index in [2.05, 4.69) is 33.1 Å². The van der Waals surface area contributed by atoms with E-state index in [1.807, 2.05) is 36.4 Å². The lowest BCUT2D eigenvalue weighted by molar-refractivity contribution is 0.0591. The summed E-state index contributed by atoms with van der Waals surface area (Å²) in [7, 11) is 0. The summed E-state index contributed by atoms with van der Waals surface area (Å²) in [5, 5.41) is 0.941. The second kappa shape index (κ2) is 8.91. The average Bonchev–Trinajstić information content (AvgIpc) is 2.75. The Hall–Kier alpha value is -2.47. The minimum atomic E-state index is -0.140. The van der Waals surface area contributed by atoms with Crippen LogP contribution in [-0.2, 0) is 0 Å². The van der Waals surface area contributed by atoms with Gasteiger partial charge in [0.05, 0.1) is 18.4 Å². The van der Waals surface area contributed by atoms with Gasteiger partial charge in [-0.2, -0.15) is 0 Å². The fourth-order valence-corrected chi connectivity index (χ4v) is 4.06. The molecule has 0 radical (unpaired) electrons. The van der Waals surface area contributed by atoms with Gasteiger partial charge in [-0.25, -0.2) is 4.98 Å². The van der Waals surface area contributed by atoms with Crippen molar-refractivity contribution in [1.29, 1.82) is 0 Å². The lowest BCUT2D eigenvalue weighted by atomic mass is 9.96. The highest BCUT2D eigenvalue weighted by Crippen LogP contribution is 2.31. The third kappa shape index (κ3) is 4.58. The predicted octanol–water partition coefficient (Wildman–Crippen LogP) is 4.33. The van der Waals surface area contributed by atoms with Crippen molar-refractivity contribution >= 4 is 29.1 Å². The van der Waals surface area contributed by atoms with Crippen LogP contribution in [0.25, 0.3) is 0 Å². The topological polar surface area (TPSA) is 49.3 Å². The van der Waals surface area contributed by atoms with Crippen LogP contribution in [0, 0.1) is 0 Å². The van der Waals surface area contributed by atoms with Crippen molar-refractivity contribution in [2.24, 2.45) is 0 Å².